The maximum Gasteiger partial charge on any atom is 0.0649 e. The second kappa shape index (κ2) is 4.72. The minimum absolute atomic E-state index is 0.765. The first-order valence-electron chi connectivity index (χ1n) is 6.30. The maximum absolute atomic E-state index is 10.7. The predicted molar refractivity (Wildman–Crippen MR) is 69.5 cm³/mol. The smallest absolute Gasteiger partial charge is 0.0649 e. The first-order valence-corrected chi connectivity index (χ1v) is 6.30. The molecule has 0 fully saturated rings. The number of allylic oxidation sites excluding steroid dienone is 1. The van der Waals surface area contributed by atoms with Crippen molar-refractivity contribution in [2.75, 3.05) is 0 Å². The van der Waals surface area contributed by atoms with Crippen molar-refractivity contribution in [2.24, 2.45) is 0 Å². The number of nitrogens with zero attached hydrogens (tertiary/aromatic N) is 2. The lowest BCUT2D eigenvalue weighted by molar-refractivity contribution is -0.297. The molecular formula is C15H13N2O2-. The summed E-state index contributed by atoms with van der Waals surface area (Å²) in [6.07, 6.45) is 5.55. The Hall–Kier alpha value is -2.36. The lowest BCUT2D eigenvalue weighted by Crippen LogP contribution is -2.20. The molecule has 1 aliphatic carbocycles. The Bertz CT molecular complexity index is 641. The average Bonchev–Trinajstić information content (AvgIpc) is 2.84. The summed E-state index contributed by atoms with van der Waals surface area (Å²) < 4.78 is 1.89. The summed E-state index contributed by atoms with van der Waals surface area (Å²) in [5.74, 6) is -1.14. The Balaban J connectivity index is 2.09. The molecule has 96 valence electrons. The maximum atomic E-state index is 10.7. The van der Waals surface area contributed by atoms with E-state index in [0.717, 1.165) is 41.8 Å². The van der Waals surface area contributed by atoms with Crippen LogP contribution in [-0.2, 0) is 11.2 Å². The second-order valence-electron chi connectivity index (χ2n) is 4.59. The zero-order valence-corrected chi connectivity index (χ0v) is 10.4. The number of rotatable bonds is 2. The van der Waals surface area contributed by atoms with E-state index in [-0.39, 0.29) is 0 Å². The molecule has 4 nitrogen and oxygen atoms in total. The molecule has 2 aromatic rings. The van der Waals surface area contributed by atoms with Gasteiger partial charge < -0.3 is 9.90 Å². The van der Waals surface area contributed by atoms with Crippen molar-refractivity contribution in [1.82, 2.24) is 9.78 Å². The van der Waals surface area contributed by atoms with Crippen molar-refractivity contribution in [3.05, 3.63) is 53.9 Å². The molecular weight excluding hydrogens is 240 g/mol. The van der Waals surface area contributed by atoms with Gasteiger partial charge in [0, 0.05) is 5.56 Å². The molecule has 19 heavy (non-hydrogen) atoms. The topological polar surface area (TPSA) is 57.9 Å². The molecule has 0 saturated heterocycles. The van der Waals surface area contributed by atoms with E-state index in [1.165, 1.54) is 6.08 Å². The van der Waals surface area contributed by atoms with E-state index in [1.54, 1.807) is 6.20 Å². The molecule has 0 spiro atoms. The van der Waals surface area contributed by atoms with Crippen LogP contribution in [0.3, 0.4) is 0 Å². The van der Waals surface area contributed by atoms with E-state index >= 15 is 0 Å². The van der Waals surface area contributed by atoms with Crippen molar-refractivity contribution in [3.8, 4) is 5.69 Å². The number of aromatic nitrogens is 2. The first-order chi connectivity index (χ1) is 9.25. The Labute approximate surface area is 111 Å². The molecule has 0 radical (unpaired) electrons. The van der Waals surface area contributed by atoms with E-state index in [2.05, 4.69) is 5.10 Å². The highest BCUT2D eigenvalue weighted by Crippen LogP contribution is 2.31. The van der Waals surface area contributed by atoms with Crippen molar-refractivity contribution >= 4 is 11.5 Å². The number of para-hydroxylation sites is 1. The molecule has 0 bridgehead atoms. The lowest BCUT2D eigenvalue weighted by Gasteiger charge is -2.17. The fraction of sp³-hybridized carbons (Fsp3) is 0.200. The monoisotopic (exact) mass is 253 g/mol. The van der Waals surface area contributed by atoms with E-state index in [0.29, 0.717) is 0 Å². The zero-order chi connectivity index (χ0) is 13.2. The Kier molecular flexibility index (Phi) is 2.91. The van der Waals surface area contributed by atoms with Gasteiger partial charge in [-0.1, -0.05) is 18.2 Å². The van der Waals surface area contributed by atoms with Crippen LogP contribution in [0.1, 0.15) is 24.1 Å². The van der Waals surface area contributed by atoms with Crippen LogP contribution < -0.4 is 5.11 Å². The molecule has 0 atom stereocenters. The summed E-state index contributed by atoms with van der Waals surface area (Å²) in [5, 5.41) is 15.1. The highest BCUT2D eigenvalue weighted by Gasteiger charge is 2.19. The Morgan fingerprint density at radius 3 is 2.79 bits per heavy atom. The molecule has 1 aliphatic rings. The highest BCUT2D eigenvalue weighted by molar-refractivity contribution is 5.89. The first kappa shape index (κ1) is 11.7. The summed E-state index contributed by atoms with van der Waals surface area (Å²) in [5.41, 5.74) is 3.81. The number of fused-ring (bicyclic) bond motifs is 1. The van der Waals surface area contributed by atoms with Gasteiger partial charge in [0.25, 0.3) is 0 Å². The highest BCUT2D eigenvalue weighted by atomic mass is 16.4. The van der Waals surface area contributed by atoms with Gasteiger partial charge in [-0.3, -0.25) is 0 Å². The summed E-state index contributed by atoms with van der Waals surface area (Å²) in [6.45, 7) is 0. The summed E-state index contributed by atoms with van der Waals surface area (Å²) in [7, 11) is 0. The van der Waals surface area contributed by atoms with Gasteiger partial charge in [0.15, 0.2) is 0 Å². The molecule has 4 heteroatoms. The number of carbonyl (C=O) groups excluding carboxylic acids is 1. The van der Waals surface area contributed by atoms with Gasteiger partial charge in [0.2, 0.25) is 0 Å². The van der Waals surface area contributed by atoms with Gasteiger partial charge in [0.1, 0.15) is 0 Å². The van der Waals surface area contributed by atoms with Crippen molar-refractivity contribution in [1.29, 1.82) is 0 Å². The van der Waals surface area contributed by atoms with Gasteiger partial charge in [-0.05, 0) is 43.0 Å². The summed E-state index contributed by atoms with van der Waals surface area (Å²) in [4.78, 5) is 10.7. The predicted octanol–water partition coefficient (Wildman–Crippen LogP) is 1.34. The van der Waals surface area contributed by atoms with Gasteiger partial charge in [-0.25, -0.2) is 4.68 Å². The fourth-order valence-corrected chi connectivity index (χ4v) is 2.55. The number of hydrogen-bond donors (Lipinski definition) is 0. The minimum Gasteiger partial charge on any atom is -0.545 e. The van der Waals surface area contributed by atoms with E-state index in [9.17, 15) is 9.90 Å². The van der Waals surface area contributed by atoms with Crippen molar-refractivity contribution < 1.29 is 9.90 Å². The molecule has 3 rings (SSSR count). The zero-order valence-electron chi connectivity index (χ0n) is 10.4. The molecule has 0 saturated carbocycles. The average molecular weight is 253 g/mol. The largest absolute Gasteiger partial charge is 0.545 e. The molecule has 0 N–H and O–H groups in total. The number of benzene rings is 1. The van der Waals surface area contributed by atoms with Crippen LogP contribution in [-0.4, -0.2) is 15.7 Å². The molecule has 0 amide bonds. The lowest BCUT2D eigenvalue weighted by atomic mass is 9.92. The van der Waals surface area contributed by atoms with Gasteiger partial charge >= 0.3 is 0 Å². The van der Waals surface area contributed by atoms with Crippen molar-refractivity contribution in [3.63, 3.8) is 0 Å². The van der Waals surface area contributed by atoms with Crippen LogP contribution in [0.15, 0.2) is 42.6 Å². The molecule has 1 aromatic heterocycles. The minimum atomic E-state index is -1.14. The molecule has 0 aliphatic heterocycles. The third-order valence-corrected chi connectivity index (χ3v) is 3.37. The van der Waals surface area contributed by atoms with Gasteiger partial charge in [-0.2, -0.15) is 5.10 Å². The number of carboxylic acid groups (broad SMARTS) is 1. The van der Waals surface area contributed by atoms with Crippen LogP contribution in [0.4, 0.5) is 0 Å². The number of carboxylic acids is 1. The normalized spacial score (nSPS) is 16.3. The Morgan fingerprint density at radius 1 is 1.26 bits per heavy atom. The number of hydrogen-bond acceptors (Lipinski definition) is 3. The fourth-order valence-electron chi connectivity index (χ4n) is 2.55. The summed E-state index contributed by atoms with van der Waals surface area (Å²) in [6, 6.07) is 9.86. The third kappa shape index (κ3) is 2.17. The van der Waals surface area contributed by atoms with Crippen LogP contribution in [0.5, 0.6) is 0 Å². The standard InChI is InChI=1S/C15H14N2O2/c18-15(19)9-11-5-4-8-14-13(11)10-16-17(14)12-6-2-1-3-7-12/h1-3,6-7,9-10H,4-5,8H2,(H,18,19)/p-1/b11-9+. The quantitative estimate of drug-likeness (QED) is 0.759. The van der Waals surface area contributed by atoms with Gasteiger partial charge in [0.05, 0.1) is 23.5 Å². The van der Waals surface area contributed by atoms with E-state index in [4.69, 9.17) is 0 Å². The van der Waals surface area contributed by atoms with Crippen LogP contribution in [0.25, 0.3) is 11.3 Å². The second-order valence-corrected chi connectivity index (χ2v) is 4.59. The third-order valence-electron chi connectivity index (χ3n) is 3.37. The summed E-state index contributed by atoms with van der Waals surface area (Å²) >= 11 is 0. The van der Waals surface area contributed by atoms with Crippen LogP contribution in [0, 0.1) is 0 Å². The molecule has 1 aromatic carbocycles. The van der Waals surface area contributed by atoms with Crippen LogP contribution in [0.2, 0.25) is 0 Å². The van der Waals surface area contributed by atoms with E-state index < -0.39 is 5.97 Å². The van der Waals surface area contributed by atoms with Crippen molar-refractivity contribution in [2.45, 2.75) is 19.3 Å². The number of carbonyl (C=O) groups is 1. The molecule has 1 heterocycles. The Morgan fingerprint density at radius 2 is 2.05 bits per heavy atom. The van der Waals surface area contributed by atoms with Crippen LogP contribution >= 0.6 is 0 Å². The SMILES string of the molecule is O=C([O-])/C=C1\CCCc2c1cnn2-c1ccccc1. The number of aliphatic carboxylic acids is 1. The van der Waals surface area contributed by atoms with E-state index in [1.807, 2.05) is 35.0 Å². The molecule has 0 unspecified atom stereocenters. The van der Waals surface area contributed by atoms with Gasteiger partial charge in [-0.15, -0.1) is 0 Å².